The second-order valence-corrected chi connectivity index (χ2v) is 9.22. The molecule has 1 aliphatic heterocycles. The summed E-state index contributed by atoms with van der Waals surface area (Å²) < 4.78 is 0. The van der Waals surface area contributed by atoms with Gasteiger partial charge in [0, 0.05) is 29.4 Å². The molecule has 9 heteroatoms. The molecule has 1 fully saturated rings. The Hall–Kier alpha value is -2.51. The van der Waals surface area contributed by atoms with Crippen molar-refractivity contribution in [1.82, 2.24) is 15.3 Å². The van der Waals surface area contributed by atoms with Crippen LogP contribution in [0.4, 0.5) is 17.5 Å². The van der Waals surface area contributed by atoms with Gasteiger partial charge in [0.05, 0.1) is 21.9 Å². The quantitative estimate of drug-likeness (QED) is 0.365. The van der Waals surface area contributed by atoms with Gasteiger partial charge in [0.15, 0.2) is 5.82 Å². The third-order valence-electron chi connectivity index (χ3n) is 5.57. The highest BCUT2D eigenvalue weighted by Gasteiger charge is 2.25. The van der Waals surface area contributed by atoms with E-state index < -0.39 is 0 Å². The number of nitrogens with two attached hydrogens (primary N) is 1. The molecule has 3 aromatic rings. The Kier molecular flexibility index (Phi) is 7.60. The number of nitrogens with zero attached hydrogens (tertiary/aromatic N) is 3. The molecule has 0 unspecified atom stereocenters. The van der Waals surface area contributed by atoms with Crippen molar-refractivity contribution in [1.29, 1.82) is 0 Å². The van der Waals surface area contributed by atoms with E-state index in [1.54, 1.807) is 18.3 Å². The van der Waals surface area contributed by atoms with Crippen molar-refractivity contribution in [2.24, 2.45) is 5.92 Å². The largest absolute Gasteiger partial charge is 0.394 e. The zero-order valence-electron chi connectivity index (χ0n) is 18.0. The zero-order valence-corrected chi connectivity index (χ0v) is 20.3. The van der Waals surface area contributed by atoms with E-state index in [0.29, 0.717) is 62.8 Å². The van der Waals surface area contributed by atoms with Gasteiger partial charge in [-0.15, -0.1) is 0 Å². The second kappa shape index (κ2) is 10.6. The molecule has 0 bridgehead atoms. The maximum absolute atomic E-state index is 6.50. The second-order valence-electron chi connectivity index (χ2n) is 7.97. The molecule has 0 radical (unpaired) electrons. The predicted octanol–water partition coefficient (Wildman–Crippen LogP) is 5.72. The maximum Gasteiger partial charge on any atom is 0.225 e. The molecule has 2 aromatic carbocycles. The highest BCUT2D eigenvalue weighted by Crippen LogP contribution is 2.36. The van der Waals surface area contributed by atoms with Crippen molar-refractivity contribution in [3.05, 3.63) is 81.4 Å². The van der Waals surface area contributed by atoms with Gasteiger partial charge in [0.2, 0.25) is 5.95 Å². The Morgan fingerprint density at radius 3 is 2.64 bits per heavy atom. The van der Waals surface area contributed by atoms with Gasteiger partial charge in [-0.25, -0.2) is 4.98 Å². The minimum atomic E-state index is 0.403. The SMILES string of the molecule is C=C(c1c(Cl)cccc1Cl)N(C[C@H]1CCNC1)c1nc(NCc2cccc(Cl)c2)ncc1N. The summed E-state index contributed by atoms with van der Waals surface area (Å²) >= 11 is 19.1. The molecular formula is C24H25Cl3N6. The molecule has 33 heavy (non-hydrogen) atoms. The van der Waals surface area contributed by atoms with Gasteiger partial charge in [-0.2, -0.15) is 4.98 Å². The van der Waals surface area contributed by atoms with Crippen LogP contribution in [0.25, 0.3) is 5.70 Å². The summed E-state index contributed by atoms with van der Waals surface area (Å²) in [6, 6.07) is 13.0. The Labute approximate surface area is 208 Å². The van der Waals surface area contributed by atoms with Crippen LogP contribution >= 0.6 is 34.8 Å². The topological polar surface area (TPSA) is 79.1 Å². The van der Waals surface area contributed by atoms with Crippen molar-refractivity contribution in [3.8, 4) is 0 Å². The first-order valence-corrected chi connectivity index (χ1v) is 11.8. The van der Waals surface area contributed by atoms with E-state index in [1.165, 1.54) is 0 Å². The van der Waals surface area contributed by atoms with Crippen molar-refractivity contribution in [3.63, 3.8) is 0 Å². The Morgan fingerprint density at radius 1 is 1.18 bits per heavy atom. The number of aromatic nitrogens is 2. The van der Waals surface area contributed by atoms with Crippen LogP contribution in [0.15, 0.2) is 55.2 Å². The van der Waals surface area contributed by atoms with E-state index in [1.807, 2.05) is 35.2 Å². The van der Waals surface area contributed by atoms with E-state index in [9.17, 15) is 0 Å². The summed E-state index contributed by atoms with van der Waals surface area (Å²) in [7, 11) is 0. The summed E-state index contributed by atoms with van der Waals surface area (Å²) in [4.78, 5) is 11.1. The highest BCUT2D eigenvalue weighted by atomic mass is 35.5. The van der Waals surface area contributed by atoms with E-state index in [0.717, 1.165) is 25.1 Å². The van der Waals surface area contributed by atoms with Crippen molar-refractivity contribution in [2.75, 3.05) is 35.6 Å². The molecule has 172 valence electrons. The standard InChI is InChI=1S/C24H25Cl3N6/c1-15(22-19(26)6-3-7-20(22)27)33(14-17-8-9-29-11-17)23-21(28)13-31-24(32-23)30-12-16-4-2-5-18(25)10-16/h2-7,10,13,17,29H,1,8-9,11-12,14,28H2,(H,30,31,32)/t17-/m0/s1. The van der Waals surface area contributed by atoms with Crippen LogP contribution in [0.5, 0.6) is 0 Å². The summed E-state index contributed by atoms with van der Waals surface area (Å²) in [5.41, 5.74) is 9.12. The van der Waals surface area contributed by atoms with Crippen molar-refractivity contribution < 1.29 is 0 Å². The Bertz CT molecular complexity index is 1130. The first-order valence-electron chi connectivity index (χ1n) is 10.6. The summed E-state index contributed by atoms with van der Waals surface area (Å²) in [6.45, 7) is 7.40. The Balaban J connectivity index is 1.65. The molecule has 1 saturated heterocycles. The fourth-order valence-corrected chi connectivity index (χ4v) is 4.70. The minimum absolute atomic E-state index is 0.403. The third kappa shape index (κ3) is 5.71. The number of hydrogen-bond donors (Lipinski definition) is 3. The lowest BCUT2D eigenvalue weighted by Gasteiger charge is -2.30. The summed E-state index contributed by atoms with van der Waals surface area (Å²) in [5.74, 6) is 1.42. The monoisotopic (exact) mass is 502 g/mol. The number of halogens is 3. The average molecular weight is 504 g/mol. The Morgan fingerprint density at radius 2 is 1.94 bits per heavy atom. The van der Waals surface area contributed by atoms with Gasteiger partial charge in [-0.1, -0.05) is 59.6 Å². The molecule has 1 aromatic heterocycles. The lowest BCUT2D eigenvalue weighted by Crippen LogP contribution is -2.31. The van der Waals surface area contributed by atoms with E-state index in [4.69, 9.17) is 45.5 Å². The number of benzene rings is 2. The number of nitrogen functional groups attached to an aromatic ring is 1. The smallest absolute Gasteiger partial charge is 0.225 e. The molecule has 4 N–H and O–H groups in total. The zero-order chi connectivity index (χ0) is 23.4. The van der Waals surface area contributed by atoms with E-state index >= 15 is 0 Å². The molecule has 0 aliphatic carbocycles. The fraction of sp³-hybridized carbons (Fsp3) is 0.250. The van der Waals surface area contributed by atoms with E-state index in [2.05, 4.69) is 22.2 Å². The predicted molar refractivity (Wildman–Crippen MR) is 139 cm³/mol. The van der Waals surface area contributed by atoms with Crippen LogP contribution in [0.1, 0.15) is 17.5 Å². The summed E-state index contributed by atoms with van der Waals surface area (Å²) in [5, 5.41) is 8.38. The van der Waals surface area contributed by atoms with Crippen LogP contribution in [-0.4, -0.2) is 29.6 Å². The lowest BCUT2D eigenvalue weighted by molar-refractivity contribution is 0.587. The average Bonchev–Trinajstić information content (AvgIpc) is 3.30. The number of hydrogen-bond acceptors (Lipinski definition) is 6. The molecule has 1 atom stereocenters. The third-order valence-corrected chi connectivity index (χ3v) is 6.44. The van der Waals surface area contributed by atoms with Crippen LogP contribution in [0, 0.1) is 5.92 Å². The molecule has 2 heterocycles. The van der Waals surface area contributed by atoms with Gasteiger partial charge >= 0.3 is 0 Å². The number of nitrogens with one attached hydrogen (secondary N) is 2. The lowest BCUT2D eigenvalue weighted by atomic mass is 10.1. The van der Waals surface area contributed by atoms with Gasteiger partial charge in [-0.05, 0) is 55.3 Å². The molecule has 4 rings (SSSR count). The van der Waals surface area contributed by atoms with Crippen LogP contribution in [-0.2, 0) is 6.54 Å². The molecular weight excluding hydrogens is 479 g/mol. The summed E-state index contributed by atoms with van der Waals surface area (Å²) in [6.07, 6.45) is 2.65. The van der Waals surface area contributed by atoms with Crippen LogP contribution in [0.3, 0.4) is 0 Å². The normalized spacial score (nSPS) is 15.4. The van der Waals surface area contributed by atoms with Gasteiger partial charge < -0.3 is 21.3 Å². The molecule has 1 aliphatic rings. The van der Waals surface area contributed by atoms with Crippen molar-refractivity contribution >= 4 is 58.0 Å². The van der Waals surface area contributed by atoms with Gasteiger partial charge in [-0.3, -0.25) is 0 Å². The molecule has 0 saturated carbocycles. The fourth-order valence-electron chi connectivity index (χ4n) is 3.87. The van der Waals surface area contributed by atoms with Crippen LogP contribution in [0.2, 0.25) is 15.1 Å². The first-order chi connectivity index (χ1) is 15.9. The van der Waals surface area contributed by atoms with Crippen molar-refractivity contribution in [2.45, 2.75) is 13.0 Å². The molecule has 0 spiro atoms. The maximum atomic E-state index is 6.50. The van der Waals surface area contributed by atoms with Gasteiger partial charge in [0.1, 0.15) is 0 Å². The molecule has 0 amide bonds. The highest BCUT2D eigenvalue weighted by molar-refractivity contribution is 6.37. The number of rotatable bonds is 8. The van der Waals surface area contributed by atoms with E-state index in [-0.39, 0.29) is 0 Å². The minimum Gasteiger partial charge on any atom is -0.394 e. The first kappa shape index (κ1) is 23.6. The van der Waals surface area contributed by atoms with Gasteiger partial charge in [0.25, 0.3) is 0 Å². The molecule has 6 nitrogen and oxygen atoms in total. The number of anilines is 3. The van der Waals surface area contributed by atoms with Crippen LogP contribution < -0.4 is 21.3 Å².